The van der Waals surface area contributed by atoms with Gasteiger partial charge in [-0.1, -0.05) is 0 Å². The maximum Gasteiger partial charge on any atom is 0.231 e. The summed E-state index contributed by atoms with van der Waals surface area (Å²) in [6.07, 6.45) is 1.50. The normalized spacial score (nSPS) is 7.14. The summed E-state index contributed by atoms with van der Waals surface area (Å²) in [4.78, 5) is 16.7. The van der Waals surface area contributed by atoms with Crippen LogP contribution in [0.25, 0.3) is 0 Å². The van der Waals surface area contributed by atoms with Gasteiger partial charge in [-0.25, -0.2) is 31.2 Å². The Bertz CT molecular complexity index is 426. The minimum atomic E-state index is 0.750. The van der Waals surface area contributed by atoms with Gasteiger partial charge < -0.3 is 0 Å². The minimum absolute atomic E-state index is 0.750. The molecule has 6 nitrogen and oxygen atoms in total. The highest BCUT2D eigenvalue weighted by Gasteiger charge is 2.07. The molecule has 0 saturated heterocycles. The lowest BCUT2D eigenvalue weighted by atomic mass is 9.90. The zero-order valence-corrected chi connectivity index (χ0v) is 13.3. The van der Waals surface area contributed by atoms with Gasteiger partial charge in [0.05, 0.1) is 6.01 Å². The van der Waals surface area contributed by atoms with E-state index in [1.54, 1.807) is 0 Å². The molecule has 0 aliphatic heterocycles. The molecule has 0 atom stereocenters. The first-order valence-electron chi connectivity index (χ1n) is 5.91. The van der Waals surface area contributed by atoms with Crippen LogP contribution in [0.5, 0.6) is 0 Å². The van der Waals surface area contributed by atoms with Crippen LogP contribution in [0.2, 0.25) is 0 Å². The fraction of sp³-hybridized carbons (Fsp3) is 0.400. The molecule has 4 N–H and O–H groups in total. The number of carbonyl (C=O) groups excluding carboxylic acids is 2. The largest absolute Gasteiger partial charge is 0.242 e. The Balaban J connectivity index is -0.000000300. The molecule has 0 fully saturated rings. The molecule has 0 aliphatic rings. The second-order valence-corrected chi connectivity index (χ2v) is 4.08. The maximum absolute atomic E-state index is 8.35. The van der Waals surface area contributed by atoms with Crippen molar-refractivity contribution in [3.8, 4) is 0 Å². The Morgan fingerprint density at radius 3 is 0.619 bits per heavy atom. The summed E-state index contributed by atoms with van der Waals surface area (Å²) in [5.74, 6) is 0. The molecule has 0 aliphatic carbocycles. The standard InChI is InChI=1S/C12H18.CH2N2.2CHNO/c1-7-8(2)10(4)12(6)11(5)9(7)3;3*2-1-3/h1-6H3;2-3H;2*2H. The molecule has 0 unspecified atom stereocenters. The van der Waals surface area contributed by atoms with Crippen molar-refractivity contribution in [3.63, 3.8) is 0 Å². The molecule has 114 valence electrons. The zero-order valence-electron chi connectivity index (χ0n) is 13.3. The van der Waals surface area contributed by atoms with Gasteiger partial charge in [0, 0.05) is 0 Å². The third-order valence-corrected chi connectivity index (χ3v) is 3.38. The molecular formula is C15H22N4O2. The van der Waals surface area contributed by atoms with Crippen LogP contribution >= 0.6 is 0 Å². The van der Waals surface area contributed by atoms with E-state index in [2.05, 4.69) is 41.5 Å². The SMILES string of the molecule is Cc1c(C)c(C)c(C)c(C)c1C.N=C=N.N=C=O.N=C=O. The highest BCUT2D eigenvalue weighted by atomic mass is 16.1. The van der Waals surface area contributed by atoms with Gasteiger partial charge in [0.15, 0.2) is 0 Å². The predicted molar refractivity (Wildman–Crippen MR) is 82.1 cm³/mol. The third kappa shape index (κ3) is 8.98. The summed E-state index contributed by atoms with van der Waals surface area (Å²) < 4.78 is 0. The van der Waals surface area contributed by atoms with E-state index in [-0.39, 0.29) is 0 Å². The average molecular weight is 290 g/mol. The smallest absolute Gasteiger partial charge is 0.231 e. The quantitative estimate of drug-likeness (QED) is 0.429. The lowest BCUT2D eigenvalue weighted by Crippen LogP contribution is -1.98. The number of rotatable bonds is 0. The highest BCUT2D eigenvalue weighted by molar-refractivity contribution is 5.48. The minimum Gasteiger partial charge on any atom is -0.242 e. The van der Waals surface area contributed by atoms with E-state index >= 15 is 0 Å². The van der Waals surface area contributed by atoms with E-state index in [1.807, 2.05) is 0 Å². The number of hydrogen-bond donors (Lipinski definition) is 4. The van der Waals surface area contributed by atoms with Crippen LogP contribution < -0.4 is 0 Å². The lowest BCUT2D eigenvalue weighted by molar-refractivity contribution is 0.562. The Labute approximate surface area is 125 Å². The molecule has 0 heterocycles. The van der Waals surface area contributed by atoms with Crippen LogP contribution in [-0.4, -0.2) is 18.2 Å². The van der Waals surface area contributed by atoms with Crippen molar-refractivity contribution in [1.82, 2.24) is 0 Å². The van der Waals surface area contributed by atoms with Crippen LogP contribution in [0.4, 0.5) is 0 Å². The summed E-state index contributed by atoms with van der Waals surface area (Å²) in [5.41, 5.74) is 8.73. The van der Waals surface area contributed by atoms with Gasteiger partial charge in [-0.2, -0.15) is 0 Å². The summed E-state index contributed by atoms with van der Waals surface area (Å²) in [5, 5.41) is 22.1. The van der Waals surface area contributed by atoms with Gasteiger partial charge >= 0.3 is 0 Å². The number of benzene rings is 1. The Morgan fingerprint density at radius 2 is 0.571 bits per heavy atom. The second kappa shape index (κ2) is 13.8. The average Bonchev–Trinajstić information content (AvgIpc) is 2.44. The predicted octanol–water partition coefficient (Wildman–Crippen LogP) is 3.66. The van der Waals surface area contributed by atoms with Crippen molar-refractivity contribution >= 4 is 18.2 Å². The van der Waals surface area contributed by atoms with Crippen LogP contribution in [0.1, 0.15) is 33.4 Å². The van der Waals surface area contributed by atoms with Crippen LogP contribution in [0.3, 0.4) is 0 Å². The summed E-state index contributed by atoms with van der Waals surface area (Å²) in [6, 6.07) is 1.25. The Morgan fingerprint density at radius 1 is 0.524 bits per heavy atom. The number of isocyanates is 2. The third-order valence-electron chi connectivity index (χ3n) is 3.38. The first-order valence-corrected chi connectivity index (χ1v) is 5.91. The fourth-order valence-corrected chi connectivity index (χ4v) is 1.69. The molecule has 0 saturated carbocycles. The molecule has 0 aromatic heterocycles. The van der Waals surface area contributed by atoms with Crippen LogP contribution in [-0.2, 0) is 9.59 Å². The first-order chi connectivity index (χ1) is 9.71. The van der Waals surface area contributed by atoms with Gasteiger partial charge in [0.2, 0.25) is 12.2 Å². The molecule has 21 heavy (non-hydrogen) atoms. The molecule has 6 heteroatoms. The first kappa shape index (κ1) is 23.5. The molecule has 1 aromatic carbocycles. The van der Waals surface area contributed by atoms with Crippen molar-refractivity contribution in [2.24, 2.45) is 0 Å². The Hall–Kier alpha value is -2.64. The van der Waals surface area contributed by atoms with E-state index in [0.29, 0.717) is 0 Å². The van der Waals surface area contributed by atoms with Crippen molar-refractivity contribution < 1.29 is 9.59 Å². The topological polar surface area (TPSA) is 130 Å². The molecule has 0 spiro atoms. The lowest BCUT2D eigenvalue weighted by Gasteiger charge is -2.15. The van der Waals surface area contributed by atoms with Gasteiger partial charge in [0.25, 0.3) is 0 Å². The summed E-state index contributed by atoms with van der Waals surface area (Å²) >= 11 is 0. The molecule has 1 aromatic rings. The van der Waals surface area contributed by atoms with E-state index in [4.69, 9.17) is 31.2 Å². The van der Waals surface area contributed by atoms with Crippen LogP contribution in [0, 0.1) is 63.2 Å². The Kier molecular flexibility index (Phi) is 15.4. The zero-order chi connectivity index (χ0) is 17.6. The van der Waals surface area contributed by atoms with Crippen molar-refractivity contribution in [2.75, 3.05) is 0 Å². The number of hydrogen-bond acceptors (Lipinski definition) is 6. The highest BCUT2D eigenvalue weighted by Crippen LogP contribution is 2.24. The fourth-order valence-electron chi connectivity index (χ4n) is 1.69. The molecule has 1 rings (SSSR count). The van der Waals surface area contributed by atoms with Gasteiger partial charge in [-0.15, -0.1) is 0 Å². The molecule has 0 radical (unpaired) electrons. The van der Waals surface area contributed by atoms with Gasteiger partial charge in [-0.05, 0) is 74.9 Å². The van der Waals surface area contributed by atoms with E-state index in [9.17, 15) is 0 Å². The van der Waals surface area contributed by atoms with E-state index in [0.717, 1.165) is 12.2 Å². The second-order valence-electron chi connectivity index (χ2n) is 4.08. The maximum atomic E-state index is 8.35. The van der Waals surface area contributed by atoms with Gasteiger partial charge in [-0.3, -0.25) is 0 Å². The van der Waals surface area contributed by atoms with E-state index < -0.39 is 0 Å². The van der Waals surface area contributed by atoms with Crippen molar-refractivity contribution in [1.29, 1.82) is 21.6 Å². The van der Waals surface area contributed by atoms with Crippen molar-refractivity contribution in [3.05, 3.63) is 33.4 Å². The summed E-state index contributed by atoms with van der Waals surface area (Å²) in [7, 11) is 0. The number of nitrogens with one attached hydrogen (secondary N) is 4. The van der Waals surface area contributed by atoms with Crippen LogP contribution in [0.15, 0.2) is 0 Å². The van der Waals surface area contributed by atoms with Gasteiger partial charge in [0.1, 0.15) is 0 Å². The summed E-state index contributed by atoms with van der Waals surface area (Å²) in [6.45, 7) is 13.3. The molecular weight excluding hydrogens is 268 g/mol. The van der Waals surface area contributed by atoms with E-state index in [1.165, 1.54) is 39.4 Å². The molecule has 0 amide bonds. The van der Waals surface area contributed by atoms with Crippen molar-refractivity contribution in [2.45, 2.75) is 41.5 Å². The monoisotopic (exact) mass is 290 g/mol. The molecule has 0 bridgehead atoms.